The van der Waals surface area contributed by atoms with Gasteiger partial charge in [-0.3, -0.25) is 0 Å². The van der Waals surface area contributed by atoms with Gasteiger partial charge in [-0.25, -0.2) is 4.79 Å². The molecule has 1 aliphatic rings. The largest absolute Gasteiger partial charge is 0.489 e. The molecule has 3 rings (SSSR count). The fourth-order valence-electron chi connectivity index (χ4n) is 2.87. The summed E-state index contributed by atoms with van der Waals surface area (Å²) < 4.78 is 10.9. The van der Waals surface area contributed by atoms with E-state index in [2.05, 4.69) is 36.5 Å². The highest BCUT2D eigenvalue weighted by atomic mass is 16.6. The van der Waals surface area contributed by atoms with Crippen LogP contribution in [-0.2, 0) is 17.8 Å². The van der Waals surface area contributed by atoms with Gasteiger partial charge in [-0.15, -0.1) is 0 Å². The van der Waals surface area contributed by atoms with Crippen LogP contribution in [0.1, 0.15) is 30.9 Å². The van der Waals surface area contributed by atoms with Gasteiger partial charge in [0.05, 0.1) is 5.54 Å². The Labute approximate surface area is 142 Å². The van der Waals surface area contributed by atoms with E-state index < -0.39 is 0 Å². The minimum Gasteiger partial charge on any atom is -0.489 e. The molecule has 0 radical (unpaired) electrons. The van der Waals surface area contributed by atoms with Gasteiger partial charge in [0.25, 0.3) is 0 Å². The van der Waals surface area contributed by atoms with E-state index in [1.807, 2.05) is 30.3 Å². The molecule has 2 aromatic rings. The highest BCUT2D eigenvalue weighted by Crippen LogP contribution is 2.24. The summed E-state index contributed by atoms with van der Waals surface area (Å²) in [6.07, 6.45) is 2.34. The number of hydrogen-bond donors (Lipinski definition) is 1. The van der Waals surface area contributed by atoms with E-state index in [1.54, 1.807) is 0 Å². The number of rotatable bonds is 7. The van der Waals surface area contributed by atoms with Crippen molar-refractivity contribution in [2.24, 2.45) is 0 Å². The molecule has 1 aliphatic heterocycles. The number of nitrogens with one attached hydrogen (secondary N) is 1. The van der Waals surface area contributed by atoms with Crippen molar-refractivity contribution in [1.82, 2.24) is 5.32 Å². The van der Waals surface area contributed by atoms with Gasteiger partial charge in [0.1, 0.15) is 19.0 Å². The minimum atomic E-state index is -0.304. The molecule has 0 aliphatic carbocycles. The monoisotopic (exact) mass is 325 g/mol. The molecule has 4 heteroatoms. The predicted octanol–water partition coefficient (Wildman–Crippen LogP) is 4.09. The summed E-state index contributed by atoms with van der Waals surface area (Å²) in [5.74, 6) is 0.866. The summed E-state index contributed by atoms with van der Waals surface area (Å²) in [5, 5.41) is 2.95. The van der Waals surface area contributed by atoms with Crippen LogP contribution in [0.25, 0.3) is 0 Å². The van der Waals surface area contributed by atoms with Crippen molar-refractivity contribution in [1.29, 1.82) is 0 Å². The highest BCUT2D eigenvalue weighted by molar-refractivity contribution is 5.70. The second kappa shape index (κ2) is 7.39. The fourth-order valence-corrected chi connectivity index (χ4v) is 2.87. The van der Waals surface area contributed by atoms with Gasteiger partial charge in [-0.1, -0.05) is 49.4 Å². The lowest BCUT2D eigenvalue weighted by Gasteiger charge is -2.24. The third kappa shape index (κ3) is 4.07. The number of carbonyl (C=O) groups is 1. The van der Waals surface area contributed by atoms with Crippen molar-refractivity contribution in [3.05, 3.63) is 65.7 Å². The van der Waals surface area contributed by atoms with E-state index in [4.69, 9.17) is 9.47 Å². The van der Waals surface area contributed by atoms with Crippen molar-refractivity contribution >= 4 is 6.09 Å². The summed E-state index contributed by atoms with van der Waals surface area (Å²) in [6.45, 7) is 3.11. The molecule has 1 unspecified atom stereocenters. The summed E-state index contributed by atoms with van der Waals surface area (Å²) in [4.78, 5) is 11.3. The molecule has 4 nitrogen and oxygen atoms in total. The molecule has 1 heterocycles. The Morgan fingerprint density at radius 1 is 1.08 bits per heavy atom. The highest BCUT2D eigenvalue weighted by Gasteiger charge is 2.37. The first kappa shape index (κ1) is 16.4. The first-order valence-electron chi connectivity index (χ1n) is 8.40. The van der Waals surface area contributed by atoms with E-state index in [0.717, 1.165) is 30.6 Å². The SMILES string of the molecule is CCC1(CCc2ccc(OCc3ccccc3)cc2)COC(=O)N1. The Morgan fingerprint density at radius 2 is 1.83 bits per heavy atom. The van der Waals surface area contributed by atoms with Crippen molar-refractivity contribution in [3.8, 4) is 5.75 Å². The van der Waals surface area contributed by atoms with E-state index in [9.17, 15) is 4.79 Å². The molecule has 2 aromatic carbocycles. The number of amides is 1. The van der Waals surface area contributed by atoms with Crippen LogP contribution in [0.5, 0.6) is 5.75 Å². The van der Waals surface area contributed by atoms with E-state index in [-0.39, 0.29) is 11.6 Å². The second-order valence-electron chi connectivity index (χ2n) is 6.25. The van der Waals surface area contributed by atoms with Crippen LogP contribution in [0, 0.1) is 0 Å². The van der Waals surface area contributed by atoms with Crippen LogP contribution >= 0.6 is 0 Å². The lowest BCUT2D eigenvalue weighted by molar-refractivity contribution is 0.170. The Bertz CT molecular complexity index is 669. The molecule has 0 bridgehead atoms. The van der Waals surface area contributed by atoms with Crippen LogP contribution in [0.2, 0.25) is 0 Å². The fraction of sp³-hybridized carbons (Fsp3) is 0.350. The topological polar surface area (TPSA) is 47.6 Å². The van der Waals surface area contributed by atoms with Gasteiger partial charge in [0, 0.05) is 0 Å². The maximum atomic E-state index is 11.3. The first-order chi connectivity index (χ1) is 11.7. The molecular formula is C20H23NO3. The second-order valence-corrected chi connectivity index (χ2v) is 6.25. The van der Waals surface area contributed by atoms with Gasteiger partial charge in [0.2, 0.25) is 0 Å². The van der Waals surface area contributed by atoms with Crippen LogP contribution in [0.15, 0.2) is 54.6 Å². The number of hydrogen-bond acceptors (Lipinski definition) is 3. The molecular weight excluding hydrogens is 302 g/mol. The summed E-state index contributed by atoms with van der Waals surface area (Å²) in [7, 11) is 0. The van der Waals surface area contributed by atoms with Crippen molar-refractivity contribution < 1.29 is 14.3 Å². The van der Waals surface area contributed by atoms with Gasteiger partial charge < -0.3 is 14.8 Å². The van der Waals surface area contributed by atoms with Crippen molar-refractivity contribution in [2.45, 2.75) is 38.3 Å². The maximum absolute atomic E-state index is 11.3. The lowest BCUT2D eigenvalue weighted by Crippen LogP contribution is -2.43. The first-order valence-corrected chi connectivity index (χ1v) is 8.40. The predicted molar refractivity (Wildman–Crippen MR) is 93.0 cm³/mol. The normalized spacial score (nSPS) is 19.6. The van der Waals surface area contributed by atoms with Crippen LogP contribution in [0.4, 0.5) is 4.79 Å². The molecule has 1 amide bonds. The molecule has 1 N–H and O–H groups in total. The van der Waals surface area contributed by atoms with Crippen LogP contribution in [0.3, 0.4) is 0 Å². The molecule has 0 saturated carbocycles. The van der Waals surface area contributed by atoms with E-state index >= 15 is 0 Å². The molecule has 24 heavy (non-hydrogen) atoms. The van der Waals surface area contributed by atoms with E-state index in [0.29, 0.717) is 13.2 Å². The number of alkyl carbamates (subject to hydrolysis) is 1. The number of cyclic esters (lactones) is 1. The van der Waals surface area contributed by atoms with Gasteiger partial charge >= 0.3 is 6.09 Å². The van der Waals surface area contributed by atoms with Gasteiger partial charge in [-0.2, -0.15) is 0 Å². The number of ether oxygens (including phenoxy) is 2. The third-order valence-corrected chi connectivity index (χ3v) is 4.59. The molecule has 1 atom stereocenters. The van der Waals surface area contributed by atoms with Crippen LogP contribution in [-0.4, -0.2) is 18.2 Å². The van der Waals surface area contributed by atoms with Crippen LogP contribution < -0.4 is 10.1 Å². The number of aryl methyl sites for hydroxylation is 1. The van der Waals surface area contributed by atoms with Crippen molar-refractivity contribution in [3.63, 3.8) is 0 Å². The zero-order valence-electron chi connectivity index (χ0n) is 14.0. The molecule has 1 saturated heterocycles. The molecule has 126 valence electrons. The number of carbonyl (C=O) groups excluding carboxylic acids is 1. The molecule has 0 spiro atoms. The summed E-state index contributed by atoms with van der Waals surface area (Å²) >= 11 is 0. The average Bonchev–Trinajstić information content (AvgIpc) is 3.02. The molecule has 0 aromatic heterocycles. The third-order valence-electron chi connectivity index (χ3n) is 4.59. The Balaban J connectivity index is 1.52. The Morgan fingerprint density at radius 3 is 2.46 bits per heavy atom. The zero-order chi connectivity index (χ0) is 16.8. The quantitative estimate of drug-likeness (QED) is 0.834. The smallest absolute Gasteiger partial charge is 0.407 e. The Kier molecular flexibility index (Phi) is 5.04. The average molecular weight is 325 g/mol. The van der Waals surface area contributed by atoms with E-state index in [1.165, 1.54) is 5.56 Å². The number of benzene rings is 2. The lowest BCUT2D eigenvalue weighted by atomic mass is 9.90. The minimum absolute atomic E-state index is 0.223. The summed E-state index contributed by atoms with van der Waals surface area (Å²) in [6, 6.07) is 18.3. The summed E-state index contributed by atoms with van der Waals surface area (Å²) in [5.41, 5.74) is 2.17. The van der Waals surface area contributed by atoms with Gasteiger partial charge in [0.15, 0.2) is 0 Å². The Hall–Kier alpha value is -2.49. The van der Waals surface area contributed by atoms with Gasteiger partial charge in [-0.05, 0) is 42.5 Å². The molecule has 1 fully saturated rings. The maximum Gasteiger partial charge on any atom is 0.407 e. The zero-order valence-corrected chi connectivity index (χ0v) is 14.0. The van der Waals surface area contributed by atoms with Crippen molar-refractivity contribution in [2.75, 3.05) is 6.61 Å². The standard InChI is InChI=1S/C20H23NO3/c1-2-20(15-24-19(22)21-20)13-12-16-8-10-18(11-9-16)23-14-17-6-4-3-5-7-17/h3-11H,2,12-15H2,1H3,(H,21,22).